The Morgan fingerprint density at radius 3 is 2.64 bits per heavy atom. The van der Waals surface area contributed by atoms with Gasteiger partial charge in [-0.3, -0.25) is 14.9 Å². The van der Waals surface area contributed by atoms with E-state index in [-0.39, 0.29) is 17.2 Å². The number of nitro benzene ring substituents is 1. The first-order chi connectivity index (χ1) is 10.5. The van der Waals surface area contributed by atoms with Gasteiger partial charge in [-0.05, 0) is 25.3 Å². The molecule has 1 aliphatic heterocycles. The lowest BCUT2D eigenvalue weighted by Crippen LogP contribution is -2.35. The van der Waals surface area contributed by atoms with Crippen LogP contribution in [0.2, 0.25) is 0 Å². The van der Waals surface area contributed by atoms with Gasteiger partial charge >= 0.3 is 5.97 Å². The van der Waals surface area contributed by atoms with Crippen molar-refractivity contribution in [1.82, 2.24) is 5.32 Å². The van der Waals surface area contributed by atoms with Crippen LogP contribution in [0.1, 0.15) is 40.0 Å². The van der Waals surface area contributed by atoms with E-state index < -0.39 is 22.5 Å². The van der Waals surface area contributed by atoms with Crippen molar-refractivity contribution in [2.24, 2.45) is 0 Å². The van der Waals surface area contributed by atoms with Crippen LogP contribution in [-0.4, -0.2) is 41.2 Å². The number of nitrogens with one attached hydrogen (secondary N) is 1. The summed E-state index contributed by atoms with van der Waals surface area (Å²) in [6, 6.07) is 3.06. The molecule has 1 heterocycles. The molecule has 2 rings (SSSR count). The molecule has 0 spiro atoms. The molecule has 2 N–H and O–H groups in total. The van der Waals surface area contributed by atoms with Gasteiger partial charge in [0.05, 0.1) is 10.5 Å². The van der Waals surface area contributed by atoms with Crippen molar-refractivity contribution in [3.8, 4) is 0 Å². The Labute approximate surface area is 126 Å². The summed E-state index contributed by atoms with van der Waals surface area (Å²) in [5.41, 5.74) is -0.741. The second kappa shape index (κ2) is 6.99. The summed E-state index contributed by atoms with van der Waals surface area (Å²) in [4.78, 5) is 33.4. The number of carboxylic acid groups (broad SMARTS) is 1. The van der Waals surface area contributed by atoms with Crippen molar-refractivity contribution in [3.05, 3.63) is 39.4 Å². The lowest BCUT2D eigenvalue weighted by Gasteiger charge is -2.15. The van der Waals surface area contributed by atoms with Gasteiger partial charge in [-0.15, -0.1) is 0 Å². The normalized spacial score (nSPS) is 18.3. The first-order valence-corrected chi connectivity index (χ1v) is 6.89. The minimum Gasteiger partial charge on any atom is -0.478 e. The van der Waals surface area contributed by atoms with Crippen LogP contribution in [-0.2, 0) is 4.74 Å². The van der Waals surface area contributed by atoms with Crippen LogP contribution in [0.15, 0.2) is 18.2 Å². The highest BCUT2D eigenvalue weighted by Crippen LogP contribution is 2.18. The average Bonchev–Trinajstić information content (AvgIpc) is 2.75. The van der Waals surface area contributed by atoms with Gasteiger partial charge in [0.25, 0.3) is 11.6 Å². The number of carbonyl (C=O) groups excluding carboxylic acids is 1. The van der Waals surface area contributed by atoms with Gasteiger partial charge in [0, 0.05) is 37.0 Å². The summed E-state index contributed by atoms with van der Waals surface area (Å²) in [7, 11) is 0. The second-order valence-corrected chi connectivity index (χ2v) is 5.04. The molecule has 8 nitrogen and oxygen atoms in total. The Bertz CT molecular complexity index is 561. The highest BCUT2D eigenvalue weighted by Gasteiger charge is 2.20. The summed E-state index contributed by atoms with van der Waals surface area (Å²) in [5.74, 6) is -1.83. The predicted molar refractivity (Wildman–Crippen MR) is 76.0 cm³/mol. The number of carboxylic acids is 1. The van der Waals surface area contributed by atoms with Crippen LogP contribution >= 0.6 is 0 Å². The molecule has 0 bridgehead atoms. The Hall–Kier alpha value is -2.48. The number of hydrogen-bond acceptors (Lipinski definition) is 5. The van der Waals surface area contributed by atoms with E-state index in [1.165, 1.54) is 0 Å². The topological polar surface area (TPSA) is 119 Å². The molecule has 0 aliphatic carbocycles. The number of rotatable bonds is 4. The van der Waals surface area contributed by atoms with Crippen LogP contribution in [0.25, 0.3) is 0 Å². The molecule has 22 heavy (non-hydrogen) atoms. The second-order valence-electron chi connectivity index (χ2n) is 5.04. The quantitative estimate of drug-likeness (QED) is 0.644. The van der Waals surface area contributed by atoms with Crippen LogP contribution in [0.3, 0.4) is 0 Å². The molecule has 1 atom stereocenters. The number of carbonyl (C=O) groups is 2. The highest BCUT2D eigenvalue weighted by molar-refractivity contribution is 5.98. The van der Waals surface area contributed by atoms with Crippen LogP contribution < -0.4 is 5.32 Å². The summed E-state index contributed by atoms with van der Waals surface area (Å²) in [5, 5.41) is 22.6. The lowest BCUT2D eigenvalue weighted by atomic mass is 10.1. The van der Waals surface area contributed by atoms with Gasteiger partial charge in [0.1, 0.15) is 0 Å². The van der Waals surface area contributed by atoms with E-state index in [9.17, 15) is 19.7 Å². The molecule has 1 unspecified atom stereocenters. The maximum atomic E-state index is 12.2. The van der Waals surface area contributed by atoms with Crippen molar-refractivity contribution in [3.63, 3.8) is 0 Å². The van der Waals surface area contributed by atoms with E-state index in [1.807, 2.05) is 0 Å². The molecule has 0 radical (unpaired) electrons. The van der Waals surface area contributed by atoms with Crippen molar-refractivity contribution in [1.29, 1.82) is 0 Å². The Morgan fingerprint density at radius 1 is 1.23 bits per heavy atom. The minimum absolute atomic E-state index is 0.0308. The number of amides is 1. The van der Waals surface area contributed by atoms with Gasteiger partial charge in [-0.2, -0.15) is 0 Å². The average molecular weight is 308 g/mol. The molecule has 0 saturated carbocycles. The Kier molecular flexibility index (Phi) is 5.05. The number of ether oxygens (including phenoxy) is 1. The largest absolute Gasteiger partial charge is 0.478 e. The number of non-ortho nitro benzene ring substituents is 1. The summed E-state index contributed by atoms with van der Waals surface area (Å²) in [6.45, 7) is 1.19. The van der Waals surface area contributed by atoms with Gasteiger partial charge in [0.2, 0.25) is 0 Å². The van der Waals surface area contributed by atoms with Gasteiger partial charge < -0.3 is 15.2 Å². The molecule has 118 valence electrons. The molecular formula is C14H16N2O6. The molecule has 8 heteroatoms. The fraction of sp³-hybridized carbons (Fsp3) is 0.429. The fourth-order valence-electron chi connectivity index (χ4n) is 2.29. The van der Waals surface area contributed by atoms with Crippen molar-refractivity contribution in [2.45, 2.75) is 25.3 Å². The van der Waals surface area contributed by atoms with E-state index in [2.05, 4.69) is 5.32 Å². The molecule has 1 aliphatic rings. The molecule has 1 amide bonds. The van der Waals surface area contributed by atoms with Gasteiger partial charge in [0.15, 0.2) is 0 Å². The Morgan fingerprint density at radius 2 is 1.95 bits per heavy atom. The van der Waals surface area contributed by atoms with E-state index >= 15 is 0 Å². The zero-order chi connectivity index (χ0) is 16.1. The standard InChI is InChI=1S/C14H16N2O6/c17-13(15-11-2-1-4-22-5-3-11)9-6-10(14(18)19)8-12(7-9)16(20)21/h6-8,11H,1-5H2,(H,15,17)(H,18,19). The summed E-state index contributed by atoms with van der Waals surface area (Å²) < 4.78 is 5.29. The van der Waals surface area contributed by atoms with Gasteiger partial charge in [-0.1, -0.05) is 0 Å². The molecule has 0 aromatic heterocycles. The molecule has 1 fully saturated rings. The van der Waals surface area contributed by atoms with Gasteiger partial charge in [-0.25, -0.2) is 4.79 Å². The third-order valence-corrected chi connectivity index (χ3v) is 3.42. The zero-order valence-electron chi connectivity index (χ0n) is 11.8. The Balaban J connectivity index is 2.20. The third-order valence-electron chi connectivity index (χ3n) is 3.42. The van der Waals surface area contributed by atoms with Crippen molar-refractivity contribution >= 4 is 17.6 Å². The monoisotopic (exact) mass is 308 g/mol. The van der Waals surface area contributed by atoms with Crippen LogP contribution in [0, 0.1) is 10.1 Å². The number of nitrogens with zero attached hydrogens (tertiary/aromatic N) is 1. The number of nitro groups is 1. The van der Waals surface area contributed by atoms with E-state index in [4.69, 9.17) is 9.84 Å². The SMILES string of the molecule is O=C(O)c1cc(C(=O)NC2CCCOCC2)cc([N+](=O)[O-])c1. The summed E-state index contributed by atoms with van der Waals surface area (Å²) >= 11 is 0. The first kappa shape index (κ1) is 15.9. The maximum Gasteiger partial charge on any atom is 0.335 e. The van der Waals surface area contributed by atoms with Crippen molar-refractivity contribution < 1.29 is 24.4 Å². The first-order valence-electron chi connectivity index (χ1n) is 6.89. The van der Waals surface area contributed by atoms with E-state index in [0.717, 1.165) is 31.0 Å². The third kappa shape index (κ3) is 4.01. The van der Waals surface area contributed by atoms with E-state index in [0.29, 0.717) is 19.6 Å². The summed E-state index contributed by atoms with van der Waals surface area (Å²) in [6.07, 6.45) is 2.24. The molecule has 1 saturated heterocycles. The van der Waals surface area contributed by atoms with Crippen LogP contribution in [0.4, 0.5) is 5.69 Å². The number of benzene rings is 1. The predicted octanol–water partition coefficient (Wildman–Crippen LogP) is 1.59. The van der Waals surface area contributed by atoms with E-state index in [1.54, 1.807) is 0 Å². The van der Waals surface area contributed by atoms with Crippen LogP contribution in [0.5, 0.6) is 0 Å². The molecule has 1 aromatic rings. The van der Waals surface area contributed by atoms with Crippen molar-refractivity contribution in [2.75, 3.05) is 13.2 Å². The molecule has 1 aromatic carbocycles. The smallest absolute Gasteiger partial charge is 0.335 e. The fourth-order valence-corrected chi connectivity index (χ4v) is 2.29. The minimum atomic E-state index is -1.32. The lowest BCUT2D eigenvalue weighted by molar-refractivity contribution is -0.384. The number of aromatic carboxylic acids is 1. The highest BCUT2D eigenvalue weighted by atomic mass is 16.6. The number of hydrogen-bond donors (Lipinski definition) is 2. The maximum absolute atomic E-state index is 12.2. The zero-order valence-corrected chi connectivity index (χ0v) is 11.8. The molecular weight excluding hydrogens is 292 g/mol.